The van der Waals surface area contributed by atoms with Crippen LogP contribution in [0, 0.1) is 6.92 Å². The first-order chi connectivity index (χ1) is 25.4. The van der Waals surface area contributed by atoms with Crippen molar-refractivity contribution in [1.29, 1.82) is 0 Å². The minimum absolute atomic E-state index is 0.0198. The number of rotatable bonds is 10. The Hall–Kier alpha value is -4.49. The molecular formula is C43H50O9S3. The van der Waals surface area contributed by atoms with Crippen LogP contribution in [0.5, 0.6) is 23.0 Å². The fraction of sp³-hybridized carbons (Fsp3) is 0.302. The van der Waals surface area contributed by atoms with Gasteiger partial charge in [0.1, 0.15) is 54.8 Å². The Bertz CT molecular complexity index is 2070. The van der Waals surface area contributed by atoms with Crippen molar-refractivity contribution in [3.05, 3.63) is 127 Å². The zero-order valence-electron chi connectivity index (χ0n) is 32.9. The summed E-state index contributed by atoms with van der Waals surface area (Å²) in [5.74, 6) is 2.55. The molecule has 0 bridgehead atoms. The molecule has 0 radical (unpaired) electrons. The summed E-state index contributed by atoms with van der Waals surface area (Å²) in [6.45, 7) is 20.4. The summed E-state index contributed by atoms with van der Waals surface area (Å²) < 4.78 is 79.3. The van der Waals surface area contributed by atoms with Gasteiger partial charge in [0, 0.05) is 0 Å². The topological polar surface area (TPSA) is 128 Å². The van der Waals surface area contributed by atoms with Crippen LogP contribution in [-0.2, 0) is 31.1 Å². The lowest BCUT2D eigenvalue weighted by Gasteiger charge is -2.22. The van der Waals surface area contributed by atoms with Gasteiger partial charge >= 0.3 is 10.1 Å². The van der Waals surface area contributed by atoms with Gasteiger partial charge in [-0.25, -0.2) is 8.42 Å². The molecule has 0 unspecified atom stereocenters. The van der Waals surface area contributed by atoms with Gasteiger partial charge in [0.05, 0.1) is 15.8 Å². The Morgan fingerprint density at radius 3 is 1.02 bits per heavy atom. The molecule has 0 fully saturated rings. The maximum Gasteiger partial charge on any atom is 0.339 e. The predicted octanol–water partition coefficient (Wildman–Crippen LogP) is 9.98. The van der Waals surface area contributed by atoms with Crippen LogP contribution in [0.15, 0.2) is 146 Å². The van der Waals surface area contributed by atoms with Crippen molar-refractivity contribution in [3.63, 3.8) is 0 Å². The van der Waals surface area contributed by atoms with Crippen molar-refractivity contribution < 1.29 is 39.8 Å². The number of aryl methyl sites for hydroxylation is 1. The molecule has 0 N–H and O–H groups in total. The van der Waals surface area contributed by atoms with Gasteiger partial charge in [-0.1, -0.05) is 17.7 Å². The molecule has 0 saturated carbocycles. The Morgan fingerprint density at radius 2 is 0.727 bits per heavy atom. The lowest BCUT2D eigenvalue weighted by Crippen LogP contribution is -2.23. The monoisotopic (exact) mass is 806 g/mol. The molecule has 0 heterocycles. The van der Waals surface area contributed by atoms with E-state index in [1.54, 1.807) is 12.1 Å². The van der Waals surface area contributed by atoms with Crippen molar-refractivity contribution in [2.24, 2.45) is 0 Å². The van der Waals surface area contributed by atoms with E-state index in [-0.39, 0.29) is 38.3 Å². The SMILES string of the molecule is CC(C)(C)Oc1ccc([S+](c2ccc(OC(C)(C)C)cc2)c2ccc(OC(C)(C)C)cc2)cc1.Cc1ccc(S(=O)(=O)Oc2ccc(S(=O)(=O)[O-])cc2)cc1. The third-order valence-corrected chi connectivity index (χ3v) is 11.4. The lowest BCUT2D eigenvalue weighted by atomic mass is 10.2. The van der Waals surface area contributed by atoms with E-state index < -0.39 is 25.1 Å². The number of hydrogen-bond acceptors (Lipinski definition) is 9. The molecule has 0 saturated heterocycles. The number of hydrogen-bond donors (Lipinski definition) is 0. The first-order valence-corrected chi connectivity index (χ1v) is 21.6. The van der Waals surface area contributed by atoms with Gasteiger partial charge in [0.2, 0.25) is 0 Å². The van der Waals surface area contributed by atoms with Crippen LogP contribution in [0.25, 0.3) is 0 Å². The highest BCUT2D eigenvalue weighted by molar-refractivity contribution is 7.97. The summed E-state index contributed by atoms with van der Waals surface area (Å²) >= 11 is 0. The summed E-state index contributed by atoms with van der Waals surface area (Å²) in [5.41, 5.74) is 0.220. The molecule has 5 rings (SSSR count). The zero-order chi connectivity index (χ0) is 40.8. The van der Waals surface area contributed by atoms with Crippen LogP contribution < -0.4 is 18.4 Å². The van der Waals surface area contributed by atoms with Gasteiger partial charge in [-0.05, 0) is 178 Å². The fourth-order valence-corrected chi connectivity index (χ4v) is 8.38. The van der Waals surface area contributed by atoms with Gasteiger partial charge in [-0.15, -0.1) is 0 Å². The summed E-state index contributed by atoms with van der Waals surface area (Å²) in [4.78, 5) is 3.22. The second-order valence-electron chi connectivity index (χ2n) is 15.6. The summed E-state index contributed by atoms with van der Waals surface area (Å²) in [6, 6.07) is 35.7. The molecule has 0 aromatic heterocycles. The average molecular weight is 807 g/mol. The van der Waals surface area contributed by atoms with E-state index in [9.17, 15) is 21.4 Å². The standard InChI is InChI=1S/C30H39O3S.C13H12O6S2/c1-28(2,3)31-22-10-16-25(17-11-22)34(26-18-12-23(13-19-26)32-29(4,5)6)27-20-14-24(15-21-27)33-30(7,8)9;1-10-2-6-13(7-3-10)21(17,18)19-11-4-8-12(9-5-11)20(14,15)16/h10-21H,1-9H3;2-9H,1H3,(H,14,15,16)/q+1;/p-1. The number of benzene rings is 5. The Labute approximate surface area is 329 Å². The zero-order valence-corrected chi connectivity index (χ0v) is 35.4. The molecule has 0 amide bonds. The van der Waals surface area contributed by atoms with E-state index in [0.29, 0.717) is 0 Å². The molecule has 0 aliphatic rings. The molecule has 0 aliphatic carbocycles. The Kier molecular flexibility index (Phi) is 13.5. The predicted molar refractivity (Wildman–Crippen MR) is 216 cm³/mol. The molecule has 5 aromatic carbocycles. The van der Waals surface area contributed by atoms with Gasteiger partial charge in [0.25, 0.3) is 0 Å². The molecule has 0 atom stereocenters. The van der Waals surface area contributed by atoms with Crippen LogP contribution in [0.4, 0.5) is 0 Å². The molecule has 55 heavy (non-hydrogen) atoms. The van der Waals surface area contributed by atoms with Crippen LogP contribution >= 0.6 is 0 Å². The van der Waals surface area contributed by atoms with Crippen LogP contribution in [0.1, 0.15) is 67.9 Å². The number of ether oxygens (including phenoxy) is 3. The van der Waals surface area contributed by atoms with E-state index in [4.69, 9.17) is 18.4 Å². The molecule has 0 spiro atoms. The van der Waals surface area contributed by atoms with Gasteiger partial charge < -0.3 is 22.9 Å². The average Bonchev–Trinajstić information content (AvgIpc) is 3.05. The van der Waals surface area contributed by atoms with Crippen molar-refractivity contribution in [2.45, 2.75) is 111 Å². The van der Waals surface area contributed by atoms with Crippen LogP contribution in [0.3, 0.4) is 0 Å². The lowest BCUT2D eigenvalue weighted by molar-refractivity contribution is 0.130. The third kappa shape index (κ3) is 13.9. The van der Waals surface area contributed by atoms with E-state index >= 15 is 0 Å². The highest BCUT2D eigenvalue weighted by Gasteiger charge is 2.30. The quantitative estimate of drug-likeness (QED) is 0.0770. The highest BCUT2D eigenvalue weighted by Crippen LogP contribution is 2.35. The van der Waals surface area contributed by atoms with Crippen molar-refractivity contribution in [1.82, 2.24) is 0 Å². The Morgan fingerprint density at radius 1 is 0.436 bits per heavy atom. The fourth-order valence-electron chi connectivity index (χ4n) is 4.94. The Balaban J connectivity index is 0.000000274. The first kappa shape index (κ1) is 43.2. The molecule has 12 heteroatoms. The van der Waals surface area contributed by atoms with E-state index in [2.05, 4.69) is 135 Å². The first-order valence-electron chi connectivity index (χ1n) is 17.6. The second kappa shape index (κ2) is 17.1. The summed E-state index contributed by atoms with van der Waals surface area (Å²) in [7, 11) is -8.86. The normalized spacial score (nSPS) is 12.4. The summed E-state index contributed by atoms with van der Waals surface area (Å²) in [6.07, 6.45) is 0. The van der Waals surface area contributed by atoms with Crippen molar-refractivity contribution in [3.8, 4) is 23.0 Å². The largest absolute Gasteiger partial charge is 0.744 e. The van der Waals surface area contributed by atoms with E-state index in [1.807, 2.05) is 6.92 Å². The van der Waals surface area contributed by atoms with Crippen LogP contribution in [-0.4, -0.2) is 38.2 Å². The van der Waals surface area contributed by atoms with Crippen molar-refractivity contribution >= 4 is 31.1 Å². The summed E-state index contributed by atoms with van der Waals surface area (Å²) in [5, 5.41) is 0. The van der Waals surface area contributed by atoms with Gasteiger partial charge in [0.15, 0.2) is 14.7 Å². The van der Waals surface area contributed by atoms with E-state index in [1.165, 1.54) is 26.8 Å². The van der Waals surface area contributed by atoms with Crippen LogP contribution in [0.2, 0.25) is 0 Å². The van der Waals surface area contributed by atoms with Crippen molar-refractivity contribution in [2.75, 3.05) is 0 Å². The van der Waals surface area contributed by atoms with Gasteiger partial charge in [-0.2, -0.15) is 8.42 Å². The smallest absolute Gasteiger partial charge is 0.339 e. The maximum atomic E-state index is 12.0. The second-order valence-corrected chi connectivity index (χ2v) is 20.6. The molecule has 9 nitrogen and oxygen atoms in total. The maximum absolute atomic E-state index is 12.0. The minimum atomic E-state index is -4.58. The highest BCUT2D eigenvalue weighted by atomic mass is 32.2. The minimum Gasteiger partial charge on any atom is -0.744 e. The molecule has 294 valence electrons. The van der Waals surface area contributed by atoms with Gasteiger partial charge in [-0.3, -0.25) is 0 Å². The molecular weight excluding hydrogens is 757 g/mol. The van der Waals surface area contributed by atoms with E-state index in [0.717, 1.165) is 47.1 Å². The third-order valence-electron chi connectivity index (χ3n) is 7.08. The molecule has 0 aliphatic heterocycles. The molecule has 5 aromatic rings.